The fourth-order valence-electron chi connectivity index (χ4n) is 6.57. The van der Waals surface area contributed by atoms with Gasteiger partial charge in [0.2, 0.25) is 11.8 Å². The number of hydrogen-bond donors (Lipinski definition) is 2. The van der Waals surface area contributed by atoms with E-state index >= 15 is 0 Å². The van der Waals surface area contributed by atoms with Crippen molar-refractivity contribution in [2.45, 2.75) is 24.8 Å². The summed E-state index contributed by atoms with van der Waals surface area (Å²) >= 11 is 0. The zero-order valence-corrected chi connectivity index (χ0v) is 23.7. The summed E-state index contributed by atoms with van der Waals surface area (Å²) in [5.74, 6) is 1.18. The molecule has 4 aromatic rings. The number of piperazine rings is 1. The first kappa shape index (κ1) is 26.7. The average Bonchev–Trinajstić information content (AvgIpc) is 3.78. The van der Waals surface area contributed by atoms with E-state index in [4.69, 9.17) is 14.5 Å². The van der Waals surface area contributed by atoms with Gasteiger partial charge in [-0.05, 0) is 52.9 Å². The number of aromatic nitrogens is 2. The van der Waals surface area contributed by atoms with E-state index in [1.165, 1.54) is 5.39 Å². The fourth-order valence-corrected chi connectivity index (χ4v) is 6.57. The van der Waals surface area contributed by atoms with Gasteiger partial charge in [0.1, 0.15) is 17.6 Å². The maximum Gasteiger partial charge on any atom is 0.232 e. The molecule has 9 nitrogen and oxygen atoms in total. The molecule has 4 heterocycles. The first-order valence-corrected chi connectivity index (χ1v) is 14.7. The van der Waals surface area contributed by atoms with E-state index in [0.717, 1.165) is 66.4 Å². The van der Waals surface area contributed by atoms with Gasteiger partial charge >= 0.3 is 0 Å². The van der Waals surface area contributed by atoms with Crippen LogP contribution < -0.4 is 10.1 Å². The van der Waals surface area contributed by atoms with Crippen LogP contribution in [0.3, 0.4) is 0 Å². The van der Waals surface area contributed by atoms with Crippen LogP contribution in [-0.2, 0) is 14.3 Å². The Morgan fingerprint density at radius 1 is 1.10 bits per heavy atom. The van der Waals surface area contributed by atoms with Crippen LogP contribution in [0.15, 0.2) is 66.9 Å². The third kappa shape index (κ3) is 5.14. The normalized spacial score (nSPS) is 22.4. The van der Waals surface area contributed by atoms with Crippen LogP contribution in [0.4, 0.5) is 5.69 Å². The topological polar surface area (TPSA) is 99.8 Å². The molecule has 3 atom stereocenters. The highest BCUT2D eigenvalue weighted by Crippen LogP contribution is 2.38. The van der Waals surface area contributed by atoms with Crippen molar-refractivity contribution in [3.05, 3.63) is 78.2 Å². The maximum absolute atomic E-state index is 14.0. The van der Waals surface area contributed by atoms with E-state index < -0.39 is 5.92 Å². The molecule has 2 saturated heterocycles. The van der Waals surface area contributed by atoms with Gasteiger partial charge in [0.05, 0.1) is 31.5 Å². The molecule has 3 aliphatic heterocycles. The third-order valence-corrected chi connectivity index (χ3v) is 8.88. The monoisotopic (exact) mass is 565 g/mol. The number of H-pyrrole nitrogens is 1. The van der Waals surface area contributed by atoms with E-state index in [0.29, 0.717) is 24.8 Å². The smallest absolute Gasteiger partial charge is 0.232 e. The predicted octanol–water partition coefficient (Wildman–Crippen LogP) is 4.59. The third-order valence-electron chi connectivity index (χ3n) is 8.88. The summed E-state index contributed by atoms with van der Waals surface area (Å²) in [6, 6.07) is 19.9. The number of amides is 2. The number of rotatable bonds is 7. The lowest BCUT2D eigenvalue weighted by atomic mass is 9.95. The molecule has 0 aliphatic carbocycles. The van der Waals surface area contributed by atoms with Crippen molar-refractivity contribution in [3.63, 3.8) is 0 Å². The predicted molar refractivity (Wildman–Crippen MR) is 160 cm³/mol. The number of nitrogens with zero attached hydrogens (tertiary/aromatic N) is 3. The van der Waals surface area contributed by atoms with Crippen molar-refractivity contribution in [2.75, 3.05) is 51.8 Å². The molecule has 216 valence electrons. The van der Waals surface area contributed by atoms with E-state index in [1.54, 1.807) is 7.11 Å². The summed E-state index contributed by atoms with van der Waals surface area (Å²) in [6.45, 7) is 4.57. The van der Waals surface area contributed by atoms with Crippen molar-refractivity contribution in [2.24, 2.45) is 5.92 Å². The Balaban J connectivity index is 1.15. The molecule has 42 heavy (non-hydrogen) atoms. The van der Waals surface area contributed by atoms with Gasteiger partial charge in [-0.2, -0.15) is 0 Å². The summed E-state index contributed by atoms with van der Waals surface area (Å²) in [6.07, 6.45) is 3.02. The van der Waals surface area contributed by atoms with Gasteiger partial charge in [-0.15, -0.1) is 0 Å². The lowest BCUT2D eigenvalue weighted by Gasteiger charge is -2.41. The number of benzene rings is 3. The zero-order valence-electron chi connectivity index (χ0n) is 23.7. The van der Waals surface area contributed by atoms with E-state index in [1.807, 2.05) is 41.4 Å². The number of carbonyl (C=O) groups is 2. The number of aromatic amines is 1. The van der Waals surface area contributed by atoms with Crippen LogP contribution in [-0.4, -0.2) is 78.1 Å². The molecule has 2 fully saturated rings. The van der Waals surface area contributed by atoms with Gasteiger partial charge in [-0.1, -0.05) is 36.4 Å². The number of imidazole rings is 1. The average molecular weight is 566 g/mol. The SMILES string of the molecule is COc1ccc2c(c1)C(CC(=O)N1CCN(CC3CCOC3)CC1c1ncc(-c3ccc4ccccc4c3)[nH]1)C(=O)N2. The van der Waals surface area contributed by atoms with E-state index in [-0.39, 0.29) is 24.3 Å². The Kier molecular flexibility index (Phi) is 7.13. The van der Waals surface area contributed by atoms with Crippen LogP contribution in [0, 0.1) is 5.92 Å². The number of fused-ring (bicyclic) bond motifs is 2. The van der Waals surface area contributed by atoms with Crippen molar-refractivity contribution in [1.29, 1.82) is 0 Å². The van der Waals surface area contributed by atoms with Gasteiger partial charge in [-0.25, -0.2) is 4.98 Å². The summed E-state index contributed by atoms with van der Waals surface area (Å²) in [5, 5.41) is 5.28. The largest absolute Gasteiger partial charge is 0.497 e. The highest BCUT2D eigenvalue weighted by Gasteiger charge is 2.39. The molecule has 0 radical (unpaired) electrons. The zero-order chi connectivity index (χ0) is 28.6. The highest BCUT2D eigenvalue weighted by molar-refractivity contribution is 6.05. The number of hydrogen-bond acceptors (Lipinski definition) is 6. The number of nitrogens with one attached hydrogen (secondary N) is 2. The molecule has 3 aliphatic rings. The van der Waals surface area contributed by atoms with Gasteiger partial charge in [0, 0.05) is 50.5 Å². The molecular weight excluding hydrogens is 530 g/mol. The molecule has 2 N–H and O–H groups in total. The van der Waals surface area contributed by atoms with E-state index in [9.17, 15) is 9.59 Å². The molecule has 3 unspecified atom stereocenters. The number of anilines is 1. The summed E-state index contributed by atoms with van der Waals surface area (Å²) < 4.78 is 11.0. The minimum atomic E-state index is -0.554. The van der Waals surface area contributed by atoms with Gasteiger partial charge < -0.3 is 24.7 Å². The first-order chi connectivity index (χ1) is 20.6. The Morgan fingerprint density at radius 2 is 1.98 bits per heavy atom. The lowest BCUT2D eigenvalue weighted by molar-refractivity contribution is -0.138. The number of methoxy groups -OCH3 is 1. The van der Waals surface area contributed by atoms with Crippen molar-refractivity contribution >= 4 is 28.3 Å². The second-order valence-corrected chi connectivity index (χ2v) is 11.5. The number of carbonyl (C=O) groups excluding carboxylic acids is 2. The first-order valence-electron chi connectivity index (χ1n) is 14.7. The molecule has 0 bridgehead atoms. The second-order valence-electron chi connectivity index (χ2n) is 11.5. The quantitative estimate of drug-likeness (QED) is 0.340. The molecule has 9 heteroatoms. The van der Waals surface area contributed by atoms with Crippen LogP contribution in [0.1, 0.15) is 36.2 Å². The Hall–Kier alpha value is -4.21. The summed E-state index contributed by atoms with van der Waals surface area (Å²) in [4.78, 5) is 39.6. The molecule has 7 rings (SSSR count). The van der Waals surface area contributed by atoms with Crippen LogP contribution in [0.2, 0.25) is 0 Å². The molecule has 3 aromatic carbocycles. The number of ether oxygens (including phenoxy) is 2. The summed E-state index contributed by atoms with van der Waals surface area (Å²) in [5.41, 5.74) is 3.51. The molecule has 2 amide bonds. The van der Waals surface area contributed by atoms with Crippen molar-refractivity contribution in [3.8, 4) is 17.0 Å². The fraction of sp³-hybridized carbons (Fsp3) is 0.364. The van der Waals surface area contributed by atoms with E-state index in [2.05, 4.69) is 45.5 Å². The van der Waals surface area contributed by atoms with Gasteiger partial charge in [0.15, 0.2) is 0 Å². The standard InChI is InChI=1S/C33H35N5O4/c1-41-25-8-9-28-26(15-25)27(33(40)36-28)16-31(39)38-12-11-37(18-21-10-13-42-20-21)19-30(38)32-34-17-29(35-32)24-7-6-22-4-2-3-5-23(22)14-24/h2-9,14-15,17,21,27,30H,10-13,16,18-20H2,1H3,(H,34,35)(H,36,40). The maximum atomic E-state index is 14.0. The minimum absolute atomic E-state index is 0.0525. The van der Waals surface area contributed by atoms with Crippen LogP contribution >= 0.6 is 0 Å². The molecule has 1 aromatic heterocycles. The van der Waals surface area contributed by atoms with Crippen LogP contribution in [0.5, 0.6) is 5.75 Å². The second kappa shape index (κ2) is 11.2. The van der Waals surface area contributed by atoms with Crippen LogP contribution in [0.25, 0.3) is 22.0 Å². The lowest BCUT2D eigenvalue weighted by Crippen LogP contribution is -2.52. The molecule has 0 spiro atoms. The van der Waals surface area contributed by atoms with Crippen molar-refractivity contribution < 1.29 is 19.1 Å². The molecule has 0 saturated carbocycles. The Bertz CT molecular complexity index is 1630. The van der Waals surface area contributed by atoms with Gasteiger partial charge in [0.25, 0.3) is 0 Å². The van der Waals surface area contributed by atoms with Gasteiger partial charge in [-0.3, -0.25) is 14.5 Å². The highest BCUT2D eigenvalue weighted by atomic mass is 16.5. The Morgan fingerprint density at radius 3 is 2.81 bits per heavy atom. The summed E-state index contributed by atoms with van der Waals surface area (Å²) in [7, 11) is 1.60. The molecular formula is C33H35N5O4. The Labute approximate surface area is 244 Å². The van der Waals surface area contributed by atoms with Crippen molar-refractivity contribution in [1.82, 2.24) is 19.8 Å². The minimum Gasteiger partial charge on any atom is -0.497 e.